The van der Waals surface area contributed by atoms with Crippen molar-refractivity contribution in [3.05, 3.63) is 89.7 Å². The fraction of sp³-hybridized carbons (Fsp3) is 0.0952. The molecule has 1 aliphatic heterocycles. The van der Waals surface area contributed by atoms with Gasteiger partial charge in [0.05, 0.1) is 29.0 Å². The van der Waals surface area contributed by atoms with Crippen LogP contribution in [-0.2, 0) is 0 Å². The van der Waals surface area contributed by atoms with Crippen molar-refractivity contribution in [3.8, 4) is 0 Å². The van der Waals surface area contributed by atoms with E-state index in [4.69, 9.17) is 4.99 Å². The Labute approximate surface area is 141 Å². The van der Waals surface area contributed by atoms with E-state index in [1.54, 1.807) is 0 Å². The van der Waals surface area contributed by atoms with Gasteiger partial charge in [-0.3, -0.25) is 9.98 Å². The number of hydrogen-bond donors (Lipinski definition) is 0. The zero-order valence-corrected chi connectivity index (χ0v) is 13.4. The third kappa shape index (κ3) is 2.76. The van der Waals surface area contributed by atoms with Gasteiger partial charge >= 0.3 is 0 Å². The van der Waals surface area contributed by atoms with Crippen molar-refractivity contribution in [2.75, 3.05) is 0 Å². The Hall–Kier alpha value is -3.07. The minimum absolute atomic E-state index is 0.278. The highest BCUT2D eigenvalue weighted by atomic mass is 14.9. The average molecular weight is 311 g/mol. The van der Waals surface area contributed by atoms with E-state index in [0.717, 1.165) is 33.9 Å². The highest BCUT2D eigenvalue weighted by Crippen LogP contribution is 2.33. The van der Waals surface area contributed by atoms with Gasteiger partial charge in [-0.1, -0.05) is 67.6 Å². The van der Waals surface area contributed by atoms with Crippen molar-refractivity contribution >= 4 is 23.3 Å². The van der Waals surface area contributed by atoms with E-state index >= 15 is 0 Å². The van der Waals surface area contributed by atoms with E-state index in [0.29, 0.717) is 0 Å². The largest absolute Gasteiger partial charge is 0.259 e. The maximum Gasteiger partial charge on any atom is 0.0869 e. The Bertz CT molecular complexity index is 871. The number of nitrogens with zero attached hydrogens (tertiary/aromatic N) is 3. The number of rotatable bonds is 3. The van der Waals surface area contributed by atoms with Gasteiger partial charge < -0.3 is 0 Å². The van der Waals surface area contributed by atoms with Crippen LogP contribution in [0.1, 0.15) is 29.7 Å². The first-order valence-corrected chi connectivity index (χ1v) is 8.05. The number of aliphatic imine (C=N–C) groups is 2. The summed E-state index contributed by atoms with van der Waals surface area (Å²) in [4.78, 5) is 13.9. The SMILES string of the molecule is CC1C=Nc2cc(N=C(c3ccccc3)c3ccccc3)cnc21. The van der Waals surface area contributed by atoms with Crippen LogP contribution in [0.4, 0.5) is 11.4 Å². The first-order valence-electron chi connectivity index (χ1n) is 8.05. The Morgan fingerprint density at radius 3 is 2.17 bits per heavy atom. The van der Waals surface area contributed by atoms with Crippen LogP contribution >= 0.6 is 0 Å². The zero-order chi connectivity index (χ0) is 16.4. The van der Waals surface area contributed by atoms with Gasteiger partial charge in [0, 0.05) is 23.3 Å². The van der Waals surface area contributed by atoms with Crippen molar-refractivity contribution < 1.29 is 0 Å². The predicted octanol–water partition coefficient (Wildman–Crippen LogP) is 5.07. The number of hydrogen-bond acceptors (Lipinski definition) is 3. The summed E-state index contributed by atoms with van der Waals surface area (Å²) in [6.07, 6.45) is 3.76. The van der Waals surface area contributed by atoms with Crippen LogP contribution in [0.15, 0.2) is 82.9 Å². The number of pyridine rings is 1. The van der Waals surface area contributed by atoms with Crippen LogP contribution in [0.5, 0.6) is 0 Å². The summed E-state index contributed by atoms with van der Waals surface area (Å²) >= 11 is 0. The number of aromatic nitrogens is 1. The summed E-state index contributed by atoms with van der Waals surface area (Å²) in [6, 6.07) is 22.5. The van der Waals surface area contributed by atoms with Crippen LogP contribution in [0, 0.1) is 0 Å². The third-order valence-corrected chi connectivity index (χ3v) is 4.09. The van der Waals surface area contributed by atoms with Gasteiger partial charge in [0.25, 0.3) is 0 Å². The van der Waals surface area contributed by atoms with E-state index in [1.807, 2.05) is 54.9 Å². The molecule has 0 saturated heterocycles. The second-order valence-corrected chi connectivity index (χ2v) is 5.86. The number of fused-ring (bicyclic) bond motifs is 1. The molecular weight excluding hydrogens is 294 g/mol. The molecule has 3 heteroatoms. The monoisotopic (exact) mass is 311 g/mol. The molecule has 116 valence electrons. The lowest BCUT2D eigenvalue weighted by Crippen LogP contribution is -2.02. The quantitative estimate of drug-likeness (QED) is 0.622. The molecule has 1 aliphatic rings. The van der Waals surface area contributed by atoms with Crippen molar-refractivity contribution in [2.45, 2.75) is 12.8 Å². The highest BCUT2D eigenvalue weighted by Gasteiger charge is 2.16. The molecule has 0 saturated carbocycles. The topological polar surface area (TPSA) is 37.6 Å². The minimum Gasteiger partial charge on any atom is -0.259 e. The molecule has 2 aromatic carbocycles. The van der Waals surface area contributed by atoms with E-state index in [-0.39, 0.29) is 5.92 Å². The fourth-order valence-electron chi connectivity index (χ4n) is 2.85. The summed E-state index contributed by atoms with van der Waals surface area (Å²) in [5.41, 5.74) is 5.87. The van der Waals surface area contributed by atoms with Gasteiger partial charge in [-0.2, -0.15) is 0 Å². The first-order chi connectivity index (χ1) is 11.8. The Kier molecular flexibility index (Phi) is 3.75. The maximum atomic E-state index is 4.88. The molecule has 0 aliphatic carbocycles. The van der Waals surface area contributed by atoms with Crippen LogP contribution in [0.25, 0.3) is 0 Å². The van der Waals surface area contributed by atoms with Crippen molar-refractivity contribution in [1.82, 2.24) is 4.98 Å². The van der Waals surface area contributed by atoms with Crippen LogP contribution in [0.2, 0.25) is 0 Å². The summed E-state index contributed by atoms with van der Waals surface area (Å²) in [7, 11) is 0. The van der Waals surface area contributed by atoms with Crippen molar-refractivity contribution in [1.29, 1.82) is 0 Å². The van der Waals surface area contributed by atoms with Gasteiger partial charge in [0.15, 0.2) is 0 Å². The first kappa shape index (κ1) is 14.5. The molecule has 1 aromatic heterocycles. The second kappa shape index (κ2) is 6.20. The molecule has 2 heterocycles. The molecule has 3 aromatic rings. The second-order valence-electron chi connectivity index (χ2n) is 5.86. The summed E-state index contributed by atoms with van der Waals surface area (Å²) < 4.78 is 0. The molecule has 0 bridgehead atoms. The molecule has 0 fully saturated rings. The molecule has 24 heavy (non-hydrogen) atoms. The Morgan fingerprint density at radius 2 is 1.54 bits per heavy atom. The molecule has 0 amide bonds. The Morgan fingerprint density at radius 1 is 0.917 bits per heavy atom. The van der Waals surface area contributed by atoms with Gasteiger partial charge in [0.2, 0.25) is 0 Å². The van der Waals surface area contributed by atoms with Gasteiger partial charge in [-0.25, -0.2) is 4.99 Å². The zero-order valence-electron chi connectivity index (χ0n) is 13.4. The molecule has 0 spiro atoms. The summed E-state index contributed by atoms with van der Waals surface area (Å²) in [5.74, 6) is 0.278. The van der Waals surface area contributed by atoms with E-state index in [1.165, 1.54) is 0 Å². The molecule has 3 nitrogen and oxygen atoms in total. The molecule has 1 atom stereocenters. The molecule has 0 N–H and O–H groups in total. The molecular formula is C21H17N3. The van der Waals surface area contributed by atoms with E-state index in [9.17, 15) is 0 Å². The van der Waals surface area contributed by atoms with Crippen LogP contribution in [0.3, 0.4) is 0 Å². The van der Waals surface area contributed by atoms with E-state index in [2.05, 4.69) is 41.2 Å². The van der Waals surface area contributed by atoms with Gasteiger partial charge in [-0.05, 0) is 6.07 Å². The van der Waals surface area contributed by atoms with Crippen molar-refractivity contribution in [3.63, 3.8) is 0 Å². The molecule has 0 radical (unpaired) electrons. The molecule has 1 unspecified atom stereocenters. The summed E-state index contributed by atoms with van der Waals surface area (Å²) in [5, 5.41) is 0. The molecule has 4 rings (SSSR count). The minimum atomic E-state index is 0.278. The lowest BCUT2D eigenvalue weighted by atomic mass is 10.0. The highest BCUT2D eigenvalue weighted by molar-refractivity contribution is 6.13. The normalized spacial score (nSPS) is 15.1. The van der Waals surface area contributed by atoms with E-state index < -0.39 is 0 Å². The van der Waals surface area contributed by atoms with Gasteiger partial charge in [0.1, 0.15) is 0 Å². The third-order valence-electron chi connectivity index (χ3n) is 4.09. The smallest absolute Gasteiger partial charge is 0.0869 e. The van der Waals surface area contributed by atoms with Gasteiger partial charge in [-0.15, -0.1) is 0 Å². The fourth-order valence-corrected chi connectivity index (χ4v) is 2.85. The van der Waals surface area contributed by atoms with Crippen molar-refractivity contribution in [2.24, 2.45) is 9.98 Å². The standard InChI is InChI=1S/C21H17N3/c1-15-13-22-19-12-18(14-23-20(15)19)24-21(16-8-4-2-5-9-16)17-10-6-3-7-11-17/h2-15H,1H3. The van der Waals surface area contributed by atoms with Crippen LogP contribution in [-0.4, -0.2) is 16.9 Å². The maximum absolute atomic E-state index is 4.88. The Balaban J connectivity index is 1.82. The lowest BCUT2D eigenvalue weighted by Gasteiger charge is -2.08. The predicted molar refractivity (Wildman–Crippen MR) is 99.0 cm³/mol. The summed E-state index contributed by atoms with van der Waals surface area (Å²) in [6.45, 7) is 2.10. The van der Waals surface area contributed by atoms with Crippen LogP contribution < -0.4 is 0 Å². The lowest BCUT2D eigenvalue weighted by molar-refractivity contribution is 0.996. The number of benzene rings is 2. The average Bonchev–Trinajstić information content (AvgIpc) is 3.02.